The van der Waals surface area contributed by atoms with Crippen molar-refractivity contribution in [1.29, 1.82) is 0 Å². The first-order valence-corrected chi connectivity index (χ1v) is 12.7. The minimum absolute atomic E-state index is 0.229. The number of nitrogens with zero attached hydrogens (tertiary/aromatic N) is 2. The second-order valence-electron chi connectivity index (χ2n) is 8.55. The van der Waals surface area contributed by atoms with Crippen molar-refractivity contribution in [1.82, 2.24) is 9.71 Å². The molecule has 4 rings (SSSR count). The number of oxazole rings is 1. The fourth-order valence-electron chi connectivity index (χ4n) is 4.69. The Morgan fingerprint density at radius 2 is 1.93 bits per heavy atom. The molecule has 2 aromatic rings. The number of piperidine rings is 1. The summed E-state index contributed by atoms with van der Waals surface area (Å²) in [6.45, 7) is 1.90. The van der Waals surface area contributed by atoms with Crippen molar-refractivity contribution in [2.75, 3.05) is 30.9 Å². The molecule has 0 bridgehead atoms. The Kier molecular flexibility index (Phi) is 6.75. The van der Waals surface area contributed by atoms with Gasteiger partial charge in [0.25, 0.3) is 6.01 Å². The Balaban J connectivity index is 1.33. The lowest BCUT2D eigenvalue weighted by Crippen LogP contribution is -2.55. The van der Waals surface area contributed by atoms with Gasteiger partial charge in [0.15, 0.2) is 0 Å². The van der Waals surface area contributed by atoms with Gasteiger partial charge in [0.05, 0.1) is 31.1 Å². The van der Waals surface area contributed by atoms with Gasteiger partial charge in [0, 0.05) is 13.2 Å². The summed E-state index contributed by atoms with van der Waals surface area (Å²) < 4.78 is 38.1. The van der Waals surface area contributed by atoms with Gasteiger partial charge >= 0.3 is 0 Å². The van der Waals surface area contributed by atoms with Crippen LogP contribution in [0.2, 0.25) is 0 Å². The molecule has 0 amide bonds. The standard InChI is InChI=1S/C22H31N3O4S/c1-30(26,27)24-20-11-13-25(22-23-12-14-28-22)15-21(20)29-16-17-7-9-19(10-8-17)18-5-3-2-4-6-18/h2-6,12,14,17,19-21,24H,7-11,13,15-16H2,1H3/t17?,19?,20-,21?/m0/s1. The van der Waals surface area contributed by atoms with Crippen LogP contribution in [-0.2, 0) is 14.8 Å². The Bertz CT molecular complexity index is 880. The van der Waals surface area contributed by atoms with Gasteiger partial charge in [-0.05, 0) is 49.5 Å². The average molecular weight is 434 g/mol. The van der Waals surface area contributed by atoms with Crippen LogP contribution in [0, 0.1) is 5.92 Å². The normalized spacial score (nSPS) is 27.8. The number of anilines is 1. The number of sulfonamides is 1. The molecule has 164 valence electrons. The zero-order chi connectivity index (χ0) is 21.0. The van der Waals surface area contributed by atoms with Gasteiger partial charge in [-0.25, -0.2) is 18.1 Å². The summed E-state index contributed by atoms with van der Waals surface area (Å²) in [6.07, 6.45) is 9.43. The first-order valence-electron chi connectivity index (χ1n) is 10.8. The van der Waals surface area contributed by atoms with Crippen LogP contribution in [-0.4, -0.2) is 51.5 Å². The molecule has 1 unspecified atom stereocenters. The van der Waals surface area contributed by atoms with Crippen LogP contribution in [0.15, 0.2) is 47.2 Å². The monoisotopic (exact) mass is 433 g/mol. The fraction of sp³-hybridized carbons (Fsp3) is 0.591. The quantitative estimate of drug-likeness (QED) is 0.722. The van der Waals surface area contributed by atoms with E-state index in [9.17, 15) is 8.42 Å². The molecule has 1 aliphatic heterocycles. The summed E-state index contributed by atoms with van der Waals surface area (Å²) in [7, 11) is -3.30. The molecule has 1 aromatic heterocycles. The van der Waals surface area contributed by atoms with Crippen LogP contribution >= 0.6 is 0 Å². The van der Waals surface area contributed by atoms with E-state index in [0.717, 1.165) is 12.8 Å². The van der Waals surface area contributed by atoms with Crippen LogP contribution in [0.3, 0.4) is 0 Å². The highest BCUT2D eigenvalue weighted by Gasteiger charge is 2.34. The molecular weight excluding hydrogens is 402 g/mol. The zero-order valence-electron chi connectivity index (χ0n) is 17.4. The number of hydrogen-bond acceptors (Lipinski definition) is 6. The van der Waals surface area contributed by atoms with Crippen molar-refractivity contribution < 1.29 is 17.6 Å². The minimum Gasteiger partial charge on any atom is -0.432 e. The van der Waals surface area contributed by atoms with Gasteiger partial charge in [-0.15, -0.1) is 0 Å². The van der Waals surface area contributed by atoms with E-state index in [1.807, 2.05) is 4.90 Å². The highest BCUT2D eigenvalue weighted by Crippen LogP contribution is 2.36. The first-order chi connectivity index (χ1) is 14.5. The van der Waals surface area contributed by atoms with Crippen LogP contribution in [0.25, 0.3) is 0 Å². The molecule has 1 N–H and O–H groups in total. The molecule has 7 nitrogen and oxygen atoms in total. The van der Waals surface area contributed by atoms with Crippen LogP contribution < -0.4 is 9.62 Å². The van der Waals surface area contributed by atoms with Crippen LogP contribution in [0.5, 0.6) is 0 Å². The maximum atomic E-state index is 11.8. The van der Waals surface area contributed by atoms with E-state index in [1.54, 1.807) is 12.5 Å². The van der Waals surface area contributed by atoms with Gasteiger partial charge in [-0.3, -0.25) is 0 Å². The Morgan fingerprint density at radius 3 is 2.60 bits per heavy atom. The van der Waals surface area contributed by atoms with E-state index in [4.69, 9.17) is 9.15 Å². The molecule has 1 saturated heterocycles. The van der Waals surface area contributed by atoms with E-state index in [1.165, 1.54) is 24.7 Å². The highest BCUT2D eigenvalue weighted by molar-refractivity contribution is 7.88. The van der Waals surface area contributed by atoms with E-state index in [2.05, 4.69) is 40.0 Å². The summed E-state index contributed by atoms with van der Waals surface area (Å²) in [5.74, 6) is 1.15. The number of nitrogens with one attached hydrogen (secondary N) is 1. The fourth-order valence-corrected chi connectivity index (χ4v) is 5.51. The lowest BCUT2D eigenvalue weighted by atomic mass is 9.79. The van der Waals surface area contributed by atoms with E-state index >= 15 is 0 Å². The van der Waals surface area contributed by atoms with Crippen molar-refractivity contribution >= 4 is 16.0 Å². The van der Waals surface area contributed by atoms with Crippen molar-refractivity contribution in [3.8, 4) is 0 Å². The number of benzene rings is 1. The van der Waals surface area contributed by atoms with E-state index in [0.29, 0.717) is 44.0 Å². The summed E-state index contributed by atoms with van der Waals surface area (Å²) in [6, 6.07) is 11.1. The third-order valence-electron chi connectivity index (χ3n) is 6.28. The second-order valence-corrected chi connectivity index (χ2v) is 10.3. The lowest BCUT2D eigenvalue weighted by molar-refractivity contribution is -0.00185. The molecule has 2 fully saturated rings. The van der Waals surface area contributed by atoms with Gasteiger partial charge in [0.1, 0.15) is 6.26 Å². The van der Waals surface area contributed by atoms with Crippen molar-refractivity contribution in [3.05, 3.63) is 48.4 Å². The number of aromatic nitrogens is 1. The molecule has 30 heavy (non-hydrogen) atoms. The number of hydrogen-bond donors (Lipinski definition) is 1. The molecule has 2 heterocycles. The van der Waals surface area contributed by atoms with Gasteiger partial charge in [0.2, 0.25) is 10.0 Å². The molecule has 1 aromatic carbocycles. The summed E-state index contributed by atoms with van der Waals surface area (Å²) in [4.78, 5) is 6.25. The number of ether oxygens (including phenoxy) is 1. The molecule has 1 aliphatic carbocycles. The van der Waals surface area contributed by atoms with Crippen LogP contribution in [0.1, 0.15) is 43.6 Å². The third kappa shape index (κ3) is 5.62. The summed E-state index contributed by atoms with van der Waals surface area (Å²) >= 11 is 0. The largest absolute Gasteiger partial charge is 0.432 e. The summed E-state index contributed by atoms with van der Waals surface area (Å²) in [5, 5.41) is 0. The van der Waals surface area contributed by atoms with Gasteiger partial charge in [-0.1, -0.05) is 30.3 Å². The average Bonchev–Trinajstić information content (AvgIpc) is 3.28. The molecule has 0 radical (unpaired) electrons. The smallest absolute Gasteiger partial charge is 0.297 e. The zero-order valence-corrected chi connectivity index (χ0v) is 18.3. The Hall–Kier alpha value is -1.90. The van der Waals surface area contributed by atoms with Crippen molar-refractivity contribution in [2.45, 2.75) is 50.2 Å². The maximum Gasteiger partial charge on any atom is 0.297 e. The predicted octanol–water partition coefficient (Wildman–Crippen LogP) is 3.16. The van der Waals surface area contributed by atoms with Crippen molar-refractivity contribution in [2.24, 2.45) is 5.92 Å². The molecule has 2 atom stereocenters. The minimum atomic E-state index is -3.30. The van der Waals surface area contributed by atoms with E-state index < -0.39 is 10.0 Å². The topological polar surface area (TPSA) is 84.7 Å². The van der Waals surface area contributed by atoms with E-state index in [-0.39, 0.29) is 12.1 Å². The molecule has 2 aliphatic rings. The Morgan fingerprint density at radius 1 is 1.17 bits per heavy atom. The van der Waals surface area contributed by atoms with Gasteiger partial charge in [-0.2, -0.15) is 0 Å². The highest BCUT2D eigenvalue weighted by atomic mass is 32.2. The lowest BCUT2D eigenvalue weighted by Gasteiger charge is -2.38. The second kappa shape index (κ2) is 9.49. The Labute approximate surface area is 178 Å². The summed E-state index contributed by atoms with van der Waals surface area (Å²) in [5.41, 5.74) is 1.43. The van der Waals surface area contributed by atoms with Gasteiger partial charge < -0.3 is 14.1 Å². The number of rotatable bonds is 7. The maximum absolute atomic E-state index is 11.8. The molecule has 8 heteroatoms. The predicted molar refractivity (Wildman–Crippen MR) is 116 cm³/mol. The van der Waals surface area contributed by atoms with Crippen LogP contribution in [0.4, 0.5) is 6.01 Å². The first kappa shape index (κ1) is 21.3. The third-order valence-corrected chi connectivity index (χ3v) is 7.01. The SMILES string of the molecule is CS(=O)(=O)N[C@H]1CCN(c2ncco2)CC1OCC1CCC(c2ccccc2)CC1. The molecular formula is C22H31N3O4S. The molecule has 1 saturated carbocycles. The van der Waals surface area contributed by atoms with Crippen molar-refractivity contribution in [3.63, 3.8) is 0 Å². The molecule has 0 spiro atoms.